The van der Waals surface area contributed by atoms with Crippen molar-refractivity contribution in [2.75, 3.05) is 13.7 Å². The van der Waals surface area contributed by atoms with Gasteiger partial charge < -0.3 is 25.2 Å². The van der Waals surface area contributed by atoms with Crippen molar-refractivity contribution in [1.82, 2.24) is 10.6 Å². The first kappa shape index (κ1) is 40.3. The van der Waals surface area contributed by atoms with Gasteiger partial charge in [0.05, 0.1) is 24.2 Å². The minimum atomic E-state index is -5.01. The Morgan fingerprint density at radius 1 is 0.946 bits per heavy atom. The van der Waals surface area contributed by atoms with Crippen LogP contribution in [0.3, 0.4) is 0 Å². The molecule has 2 amide bonds. The van der Waals surface area contributed by atoms with Crippen molar-refractivity contribution in [3.8, 4) is 16.9 Å². The number of carboxylic acid groups (broad SMARTS) is 1. The molecule has 3 unspecified atom stereocenters. The number of ether oxygens (including phenoxy) is 2. The number of carboxylic acids is 1. The van der Waals surface area contributed by atoms with E-state index < -0.39 is 59.4 Å². The predicted molar refractivity (Wildman–Crippen MR) is 194 cm³/mol. The molecule has 15 heteroatoms. The van der Waals surface area contributed by atoms with Gasteiger partial charge in [-0.05, 0) is 86.3 Å². The van der Waals surface area contributed by atoms with Crippen molar-refractivity contribution in [3.63, 3.8) is 0 Å². The average Bonchev–Trinajstić information content (AvgIpc) is 3.66. The SMILES string of the molecule is COc1ccc(-c2cc(C(OC(=O)NC3CCC3)C(=O)O)ccc2F)cc1C(=O)N[C@@H]1C2CCC(/C2=C/CC(C)C)[C@@H]1C[N+](=O)c1ccc(F)c(C(F)(F)F)c1. The van der Waals surface area contributed by atoms with E-state index in [1.54, 1.807) is 0 Å². The van der Waals surface area contributed by atoms with Crippen LogP contribution in [0.25, 0.3) is 11.1 Å². The molecular weight excluding hydrogens is 741 g/mol. The van der Waals surface area contributed by atoms with Gasteiger partial charge in [0, 0.05) is 50.9 Å². The Kier molecular flexibility index (Phi) is 11.8. The normalized spacial score (nSPS) is 21.8. The number of carbonyl (C=O) groups is 3. The molecule has 0 saturated heterocycles. The lowest BCUT2D eigenvalue weighted by atomic mass is 9.84. The zero-order valence-corrected chi connectivity index (χ0v) is 31.0. The number of alkyl halides is 3. The van der Waals surface area contributed by atoms with E-state index in [9.17, 15) is 42.0 Å². The number of nitrogens with one attached hydrogen (secondary N) is 2. The third-order valence-electron chi connectivity index (χ3n) is 11.0. The summed E-state index contributed by atoms with van der Waals surface area (Å²) in [5.41, 5.74) is -0.771. The number of nitroso groups, excluding NO2 is 1. The van der Waals surface area contributed by atoms with Crippen molar-refractivity contribution in [2.45, 2.75) is 76.7 Å². The lowest BCUT2D eigenvalue weighted by Crippen LogP contribution is -2.46. The van der Waals surface area contributed by atoms with Crippen LogP contribution < -0.4 is 15.4 Å². The van der Waals surface area contributed by atoms with Crippen LogP contribution in [0, 0.1) is 40.2 Å². The number of rotatable bonds is 13. The maximum Gasteiger partial charge on any atom is 0.419 e. The highest BCUT2D eigenvalue weighted by molar-refractivity contribution is 5.98. The molecular formula is C41H43F5N3O7+. The molecule has 3 saturated carbocycles. The fourth-order valence-corrected chi connectivity index (χ4v) is 8.00. The number of fused-ring (bicyclic) bond motifs is 2. The zero-order valence-electron chi connectivity index (χ0n) is 31.0. The molecule has 56 heavy (non-hydrogen) atoms. The molecule has 3 aromatic carbocycles. The molecule has 0 radical (unpaired) electrons. The van der Waals surface area contributed by atoms with Crippen LogP contribution in [0.5, 0.6) is 5.75 Å². The minimum Gasteiger partial charge on any atom is -0.496 e. The maximum absolute atomic E-state index is 15.4. The third-order valence-corrected chi connectivity index (χ3v) is 11.0. The van der Waals surface area contributed by atoms with E-state index in [0.29, 0.717) is 35.7 Å². The number of hydrogen-bond donors (Lipinski definition) is 3. The van der Waals surface area contributed by atoms with Crippen LogP contribution >= 0.6 is 0 Å². The van der Waals surface area contributed by atoms with Crippen LogP contribution in [-0.4, -0.2) is 53.6 Å². The Morgan fingerprint density at radius 3 is 2.30 bits per heavy atom. The molecule has 2 bridgehead atoms. The summed E-state index contributed by atoms with van der Waals surface area (Å²) in [5.74, 6) is -4.72. The maximum atomic E-state index is 15.4. The number of alkyl carbamates (subject to hydrolysis) is 1. The van der Waals surface area contributed by atoms with Gasteiger partial charge in [0.15, 0.2) is 0 Å². The second-order valence-corrected chi connectivity index (χ2v) is 15.1. The standard InChI is InChI=1S/C41H42F5N3O7/c1-21(2)7-11-26-27-12-13-28(26)36(31(27)20-49(54)25-10-15-34(43)32(19-25)41(44,45)46)48-38(50)30-17-22(9-16-35(30)55-3)29-18-23(8-14-33(29)42)37(39(51)52)56-40(53)47-24-5-4-6-24/h8-11,14-19,21,24,27-28,31,36-37H,4-7,12-13,20H2,1-3H3,(H2-,47,48,50,51,52,53)/p+1/b26-11-/t27?,28?,31-,36+,37?/m0/s1. The highest BCUT2D eigenvalue weighted by Gasteiger charge is 2.54. The molecule has 3 aromatic rings. The Labute approximate surface area is 320 Å². The first-order valence-corrected chi connectivity index (χ1v) is 18.6. The molecule has 5 atom stereocenters. The molecule has 3 fully saturated rings. The van der Waals surface area contributed by atoms with Crippen molar-refractivity contribution in [1.29, 1.82) is 0 Å². The molecule has 3 aliphatic rings. The molecule has 0 aliphatic heterocycles. The Balaban J connectivity index is 1.29. The van der Waals surface area contributed by atoms with Gasteiger partial charge in [0.1, 0.15) is 17.4 Å². The van der Waals surface area contributed by atoms with Gasteiger partial charge in [-0.3, -0.25) is 4.79 Å². The van der Waals surface area contributed by atoms with Crippen LogP contribution in [0.4, 0.5) is 32.4 Å². The average molecular weight is 785 g/mol. The van der Waals surface area contributed by atoms with Gasteiger partial charge in [-0.25, -0.2) is 18.4 Å². The second kappa shape index (κ2) is 16.4. The fourth-order valence-electron chi connectivity index (χ4n) is 8.00. The number of benzene rings is 3. The highest BCUT2D eigenvalue weighted by Crippen LogP contribution is 2.53. The quantitative estimate of drug-likeness (QED) is 0.0896. The summed E-state index contributed by atoms with van der Waals surface area (Å²) in [5, 5.41) is 15.6. The summed E-state index contributed by atoms with van der Waals surface area (Å²) in [6.45, 7) is 3.82. The molecule has 0 aromatic heterocycles. The van der Waals surface area contributed by atoms with Crippen LogP contribution in [0.2, 0.25) is 0 Å². The smallest absolute Gasteiger partial charge is 0.419 e. The van der Waals surface area contributed by atoms with Crippen molar-refractivity contribution in [2.24, 2.45) is 23.7 Å². The lowest BCUT2D eigenvalue weighted by molar-refractivity contribution is -0.474. The Bertz CT molecular complexity index is 2050. The Morgan fingerprint density at radius 2 is 1.66 bits per heavy atom. The summed E-state index contributed by atoms with van der Waals surface area (Å²) in [6.07, 6.45) is -0.991. The minimum absolute atomic E-state index is 0.00211. The van der Waals surface area contributed by atoms with E-state index in [-0.39, 0.29) is 58.1 Å². The monoisotopic (exact) mass is 784 g/mol. The number of nitrogens with zero attached hydrogens (tertiary/aromatic N) is 1. The van der Waals surface area contributed by atoms with Gasteiger partial charge >= 0.3 is 18.2 Å². The number of amides is 2. The molecule has 298 valence electrons. The molecule has 0 spiro atoms. The van der Waals surface area contributed by atoms with Crippen molar-refractivity contribution < 1.29 is 55.7 Å². The van der Waals surface area contributed by atoms with Gasteiger partial charge in [-0.15, -0.1) is 0 Å². The van der Waals surface area contributed by atoms with E-state index in [0.717, 1.165) is 43.4 Å². The summed E-state index contributed by atoms with van der Waals surface area (Å²) >= 11 is 0. The number of aliphatic carboxylic acids is 1. The van der Waals surface area contributed by atoms with E-state index >= 15 is 4.39 Å². The number of carbonyl (C=O) groups excluding carboxylic acids is 2. The number of halogens is 5. The number of hydrogen-bond acceptors (Lipinski definition) is 6. The van der Waals surface area contributed by atoms with Crippen molar-refractivity contribution >= 4 is 23.7 Å². The zero-order chi connectivity index (χ0) is 40.5. The predicted octanol–water partition coefficient (Wildman–Crippen LogP) is 8.90. The summed E-state index contributed by atoms with van der Waals surface area (Å²) in [6, 6.07) is 9.14. The van der Waals surface area contributed by atoms with Gasteiger partial charge in [0.25, 0.3) is 11.6 Å². The molecule has 3 aliphatic carbocycles. The largest absolute Gasteiger partial charge is 0.496 e. The molecule has 10 nitrogen and oxygen atoms in total. The summed E-state index contributed by atoms with van der Waals surface area (Å²) < 4.78 is 81.1. The molecule has 3 N–H and O–H groups in total. The molecule has 6 rings (SSSR count). The molecule has 0 heterocycles. The third kappa shape index (κ3) is 8.56. The fraction of sp³-hybridized carbons (Fsp3) is 0.439. The number of methoxy groups -OCH3 is 1. The van der Waals surface area contributed by atoms with E-state index in [1.807, 2.05) is 0 Å². The second-order valence-electron chi connectivity index (χ2n) is 15.1. The van der Waals surface area contributed by atoms with Gasteiger partial charge in [-0.2, -0.15) is 13.2 Å². The van der Waals surface area contributed by atoms with Crippen LogP contribution in [0.15, 0.2) is 66.2 Å². The summed E-state index contributed by atoms with van der Waals surface area (Å²) in [7, 11) is 1.34. The van der Waals surface area contributed by atoms with E-state index in [1.165, 1.54) is 37.4 Å². The summed E-state index contributed by atoms with van der Waals surface area (Å²) in [4.78, 5) is 52.3. The van der Waals surface area contributed by atoms with E-state index in [4.69, 9.17) is 9.47 Å². The highest BCUT2D eigenvalue weighted by atomic mass is 19.4. The number of allylic oxidation sites excluding steroid dienone is 1. The Hall–Kier alpha value is -5.34. The van der Waals surface area contributed by atoms with Crippen molar-refractivity contribution in [3.05, 3.63) is 99.5 Å². The van der Waals surface area contributed by atoms with Crippen LogP contribution in [-0.2, 0) is 15.7 Å². The first-order chi connectivity index (χ1) is 26.5. The lowest BCUT2D eigenvalue weighted by Gasteiger charge is -2.29. The van der Waals surface area contributed by atoms with E-state index in [2.05, 4.69) is 30.6 Å². The van der Waals surface area contributed by atoms with Crippen LogP contribution in [0.1, 0.15) is 80.0 Å². The van der Waals surface area contributed by atoms with Gasteiger partial charge in [-0.1, -0.05) is 37.6 Å². The topological polar surface area (TPSA) is 134 Å². The first-order valence-electron chi connectivity index (χ1n) is 18.6. The van der Waals surface area contributed by atoms with Gasteiger partial charge in [0.2, 0.25) is 12.6 Å².